The molecule has 0 amide bonds. The molecule has 0 radical (unpaired) electrons. The average Bonchev–Trinajstić information content (AvgIpc) is 1.81. The molecular weight excluding hydrogens is 178 g/mol. The second-order valence-corrected chi connectivity index (χ2v) is 3.70. The molecule has 0 unspecified atom stereocenters. The van der Waals surface area contributed by atoms with Gasteiger partial charge in [-0.15, -0.1) is 0 Å². The second-order valence-electron chi connectivity index (χ2n) is 3.70. The van der Waals surface area contributed by atoms with E-state index in [2.05, 4.69) is 6.58 Å². The van der Waals surface area contributed by atoms with Crippen LogP contribution in [0.1, 0.15) is 27.2 Å². The molecule has 76 valence electrons. The maximum absolute atomic E-state index is 11.8. The van der Waals surface area contributed by atoms with Gasteiger partial charge in [-0.05, 0) is 20.8 Å². The van der Waals surface area contributed by atoms with Gasteiger partial charge >= 0.3 is 5.97 Å². The summed E-state index contributed by atoms with van der Waals surface area (Å²) in [5.41, 5.74) is -0.854. The quantitative estimate of drug-likeness (QED) is 0.507. The van der Waals surface area contributed by atoms with Crippen molar-refractivity contribution >= 4 is 5.97 Å². The van der Waals surface area contributed by atoms with E-state index in [9.17, 15) is 13.6 Å². The van der Waals surface area contributed by atoms with Gasteiger partial charge in [0.05, 0.1) is 0 Å². The number of hydrogen-bond acceptors (Lipinski definition) is 2. The predicted octanol–water partition coefficient (Wildman–Crippen LogP) is 2.54. The molecule has 0 aromatic rings. The molecular formula is C9H14F2O2. The highest BCUT2D eigenvalue weighted by atomic mass is 19.3. The summed E-state index contributed by atoms with van der Waals surface area (Å²) < 4.78 is 28.4. The van der Waals surface area contributed by atoms with Gasteiger partial charge in [-0.25, -0.2) is 13.6 Å². The molecule has 2 nitrogen and oxygen atoms in total. The molecule has 0 aliphatic rings. The Bertz CT molecular complexity index is 204. The van der Waals surface area contributed by atoms with Gasteiger partial charge in [-0.1, -0.05) is 6.58 Å². The van der Waals surface area contributed by atoms with Crippen LogP contribution in [-0.4, -0.2) is 18.0 Å². The topological polar surface area (TPSA) is 26.3 Å². The number of rotatable bonds is 3. The van der Waals surface area contributed by atoms with Gasteiger partial charge in [0.15, 0.2) is 0 Å². The summed E-state index contributed by atoms with van der Waals surface area (Å²) in [4.78, 5) is 11.0. The Labute approximate surface area is 76.6 Å². The van der Waals surface area contributed by atoms with E-state index in [0.29, 0.717) is 0 Å². The molecule has 0 N–H and O–H groups in total. The highest BCUT2D eigenvalue weighted by Gasteiger charge is 2.20. The van der Waals surface area contributed by atoms with E-state index >= 15 is 0 Å². The number of alkyl halides is 2. The molecule has 0 spiro atoms. The Hall–Kier alpha value is -0.930. The van der Waals surface area contributed by atoms with Crippen molar-refractivity contribution in [3.05, 3.63) is 12.2 Å². The Kier molecular flexibility index (Phi) is 4.04. The van der Waals surface area contributed by atoms with Crippen LogP contribution in [0.3, 0.4) is 0 Å². The second kappa shape index (κ2) is 4.35. The van der Waals surface area contributed by atoms with Crippen molar-refractivity contribution in [1.29, 1.82) is 0 Å². The van der Waals surface area contributed by atoms with Crippen LogP contribution < -0.4 is 0 Å². The number of hydrogen-bond donors (Lipinski definition) is 0. The Balaban J connectivity index is 4.06. The summed E-state index contributed by atoms with van der Waals surface area (Å²) in [6.07, 6.45) is -3.19. The molecule has 0 aromatic carbocycles. The summed E-state index contributed by atoms with van der Waals surface area (Å²) in [6, 6.07) is 0. The Morgan fingerprint density at radius 3 is 2.23 bits per heavy atom. The van der Waals surface area contributed by atoms with E-state index in [-0.39, 0.29) is 5.57 Å². The third kappa shape index (κ3) is 6.25. The molecule has 0 saturated carbocycles. The normalized spacial score (nSPS) is 11.5. The Morgan fingerprint density at radius 2 is 1.92 bits per heavy atom. The van der Waals surface area contributed by atoms with Gasteiger partial charge in [-0.2, -0.15) is 0 Å². The predicted molar refractivity (Wildman–Crippen MR) is 45.6 cm³/mol. The van der Waals surface area contributed by atoms with Crippen LogP contribution in [0.5, 0.6) is 0 Å². The van der Waals surface area contributed by atoms with E-state index in [0.717, 1.165) is 0 Å². The van der Waals surface area contributed by atoms with E-state index in [1.54, 1.807) is 20.8 Å². The fourth-order valence-corrected chi connectivity index (χ4v) is 0.620. The molecule has 0 saturated heterocycles. The smallest absolute Gasteiger partial charge is 0.334 e. The van der Waals surface area contributed by atoms with Crippen LogP contribution in [0.4, 0.5) is 8.78 Å². The lowest BCUT2D eigenvalue weighted by Gasteiger charge is -2.20. The van der Waals surface area contributed by atoms with Gasteiger partial charge < -0.3 is 4.74 Å². The summed E-state index contributed by atoms with van der Waals surface area (Å²) in [5, 5.41) is 0. The molecule has 0 fully saturated rings. The third-order valence-electron chi connectivity index (χ3n) is 1.09. The van der Waals surface area contributed by atoms with Crippen LogP contribution in [0.2, 0.25) is 0 Å². The van der Waals surface area contributed by atoms with Crippen LogP contribution in [0.25, 0.3) is 0 Å². The first-order valence-corrected chi connectivity index (χ1v) is 3.91. The fourth-order valence-electron chi connectivity index (χ4n) is 0.620. The molecule has 4 heteroatoms. The maximum atomic E-state index is 11.8. The number of ether oxygens (including phenoxy) is 1. The zero-order valence-electron chi connectivity index (χ0n) is 8.06. The van der Waals surface area contributed by atoms with E-state index in [1.165, 1.54) is 0 Å². The number of halogens is 2. The lowest BCUT2D eigenvalue weighted by Crippen LogP contribution is -2.25. The first-order valence-electron chi connectivity index (χ1n) is 3.91. The zero-order chi connectivity index (χ0) is 10.6. The lowest BCUT2D eigenvalue weighted by molar-refractivity contribution is -0.150. The number of esters is 1. The van der Waals surface area contributed by atoms with Crippen molar-refractivity contribution in [3.8, 4) is 0 Å². The molecule has 0 rings (SSSR count). The first-order chi connectivity index (χ1) is 5.72. The van der Waals surface area contributed by atoms with Crippen LogP contribution in [0, 0.1) is 0 Å². The van der Waals surface area contributed by atoms with E-state index in [4.69, 9.17) is 4.74 Å². The summed E-state index contributed by atoms with van der Waals surface area (Å²) in [5.74, 6) is -0.757. The van der Waals surface area contributed by atoms with Crippen molar-refractivity contribution in [2.45, 2.75) is 39.2 Å². The SMILES string of the molecule is C=C(CC(F)F)C(=O)OC(C)(C)C. The highest BCUT2D eigenvalue weighted by Crippen LogP contribution is 2.14. The minimum Gasteiger partial charge on any atom is -0.457 e. The summed E-state index contributed by atoms with van der Waals surface area (Å²) >= 11 is 0. The van der Waals surface area contributed by atoms with Gasteiger partial charge in [0, 0.05) is 12.0 Å². The molecule has 0 bridgehead atoms. The molecule has 0 aromatic heterocycles. The molecule has 0 aliphatic carbocycles. The van der Waals surface area contributed by atoms with Crippen molar-refractivity contribution < 1.29 is 18.3 Å². The van der Waals surface area contributed by atoms with Gasteiger partial charge in [0.1, 0.15) is 5.60 Å². The van der Waals surface area contributed by atoms with Crippen LogP contribution in [-0.2, 0) is 9.53 Å². The Morgan fingerprint density at radius 1 is 1.46 bits per heavy atom. The lowest BCUT2D eigenvalue weighted by atomic mass is 10.1. The van der Waals surface area contributed by atoms with Gasteiger partial charge in [0.25, 0.3) is 0 Å². The standard InChI is InChI=1S/C9H14F2O2/c1-6(5-7(10)11)8(12)13-9(2,3)4/h7H,1,5H2,2-4H3. The van der Waals surface area contributed by atoms with Crippen molar-refractivity contribution in [2.75, 3.05) is 0 Å². The van der Waals surface area contributed by atoms with Crippen molar-refractivity contribution in [3.63, 3.8) is 0 Å². The minimum absolute atomic E-state index is 0.190. The summed E-state index contributed by atoms with van der Waals surface area (Å²) in [6.45, 7) is 8.23. The molecule has 0 atom stereocenters. The van der Waals surface area contributed by atoms with Crippen LogP contribution in [0.15, 0.2) is 12.2 Å². The number of carbonyl (C=O) groups excluding carboxylic acids is 1. The number of carbonyl (C=O) groups is 1. The maximum Gasteiger partial charge on any atom is 0.334 e. The molecule has 0 heterocycles. The largest absolute Gasteiger partial charge is 0.457 e. The fraction of sp³-hybridized carbons (Fsp3) is 0.667. The third-order valence-corrected chi connectivity index (χ3v) is 1.09. The highest BCUT2D eigenvalue weighted by molar-refractivity contribution is 5.88. The van der Waals surface area contributed by atoms with Crippen LogP contribution >= 0.6 is 0 Å². The molecule has 0 aliphatic heterocycles. The van der Waals surface area contributed by atoms with Gasteiger partial charge in [0.2, 0.25) is 6.43 Å². The first kappa shape index (κ1) is 12.1. The summed E-state index contributed by atoms with van der Waals surface area (Å²) in [7, 11) is 0. The van der Waals surface area contributed by atoms with E-state index < -0.39 is 24.4 Å². The van der Waals surface area contributed by atoms with Crippen molar-refractivity contribution in [1.82, 2.24) is 0 Å². The van der Waals surface area contributed by atoms with Crippen molar-refractivity contribution in [2.24, 2.45) is 0 Å². The minimum atomic E-state index is -2.56. The molecule has 13 heavy (non-hydrogen) atoms. The van der Waals surface area contributed by atoms with E-state index in [1.807, 2.05) is 0 Å². The van der Waals surface area contributed by atoms with Gasteiger partial charge in [-0.3, -0.25) is 0 Å². The monoisotopic (exact) mass is 192 g/mol. The zero-order valence-corrected chi connectivity index (χ0v) is 8.06. The average molecular weight is 192 g/mol.